The van der Waals surface area contributed by atoms with Crippen molar-refractivity contribution in [2.24, 2.45) is 0 Å². The number of carbonyl (C=O) groups is 1. The largest absolute Gasteiger partial charge is 0.478 e. The van der Waals surface area contributed by atoms with E-state index >= 15 is 0 Å². The molecule has 0 radical (unpaired) electrons. The minimum Gasteiger partial charge on any atom is -0.478 e. The van der Waals surface area contributed by atoms with Gasteiger partial charge in [-0.25, -0.2) is 4.79 Å². The third-order valence-electron chi connectivity index (χ3n) is 2.67. The first kappa shape index (κ1) is 11.9. The van der Waals surface area contributed by atoms with Crippen molar-refractivity contribution in [1.82, 2.24) is 4.57 Å². The summed E-state index contributed by atoms with van der Waals surface area (Å²) in [5.41, 5.74) is 1.45. The van der Waals surface area contributed by atoms with Crippen LogP contribution in [0.15, 0.2) is 46.6 Å². The van der Waals surface area contributed by atoms with Gasteiger partial charge in [-0.3, -0.25) is 0 Å². The second-order valence-corrected chi connectivity index (χ2v) is 4.78. The van der Waals surface area contributed by atoms with Gasteiger partial charge < -0.3 is 9.67 Å². The number of benzene rings is 1. The molecule has 0 bridgehead atoms. The standard InChI is InChI=1S/C13H12BrNO2/c1-9(13(16)17)4-6-15-7-5-10-2-3-11(14)8-12(10)15/h2-5,7-8H,6H2,1H3,(H,16,17). The van der Waals surface area contributed by atoms with Crippen LogP contribution in [0.25, 0.3) is 10.9 Å². The van der Waals surface area contributed by atoms with Crippen LogP contribution < -0.4 is 0 Å². The first-order valence-electron chi connectivity index (χ1n) is 5.22. The number of carboxylic acid groups (broad SMARTS) is 1. The highest BCUT2D eigenvalue weighted by molar-refractivity contribution is 9.10. The molecule has 17 heavy (non-hydrogen) atoms. The van der Waals surface area contributed by atoms with Crippen molar-refractivity contribution in [3.8, 4) is 0 Å². The van der Waals surface area contributed by atoms with Crippen molar-refractivity contribution in [1.29, 1.82) is 0 Å². The zero-order valence-electron chi connectivity index (χ0n) is 9.35. The Balaban J connectivity index is 2.34. The fourth-order valence-electron chi connectivity index (χ4n) is 1.64. The van der Waals surface area contributed by atoms with Crippen LogP contribution in [-0.2, 0) is 11.3 Å². The van der Waals surface area contributed by atoms with Crippen molar-refractivity contribution in [3.05, 3.63) is 46.6 Å². The second kappa shape index (κ2) is 4.75. The number of carboxylic acids is 1. The van der Waals surface area contributed by atoms with Gasteiger partial charge in [0.25, 0.3) is 0 Å². The topological polar surface area (TPSA) is 42.2 Å². The minimum absolute atomic E-state index is 0.363. The molecular formula is C13H12BrNO2. The molecule has 0 unspecified atom stereocenters. The average molecular weight is 294 g/mol. The maximum atomic E-state index is 10.7. The highest BCUT2D eigenvalue weighted by Crippen LogP contribution is 2.21. The van der Waals surface area contributed by atoms with Gasteiger partial charge in [-0.05, 0) is 30.5 Å². The van der Waals surface area contributed by atoms with E-state index in [0.717, 1.165) is 15.4 Å². The molecule has 0 aliphatic carbocycles. The maximum absolute atomic E-state index is 10.7. The zero-order chi connectivity index (χ0) is 12.4. The Morgan fingerprint density at radius 3 is 2.94 bits per heavy atom. The first-order valence-corrected chi connectivity index (χ1v) is 6.01. The Morgan fingerprint density at radius 1 is 1.47 bits per heavy atom. The summed E-state index contributed by atoms with van der Waals surface area (Å²) in [7, 11) is 0. The van der Waals surface area contributed by atoms with Gasteiger partial charge in [0.1, 0.15) is 0 Å². The van der Waals surface area contributed by atoms with E-state index < -0.39 is 5.97 Å². The first-order chi connectivity index (χ1) is 8.08. The SMILES string of the molecule is CC(=CCn1ccc2ccc(Br)cc21)C(=O)O. The molecule has 0 saturated carbocycles. The summed E-state index contributed by atoms with van der Waals surface area (Å²) in [4.78, 5) is 10.7. The van der Waals surface area contributed by atoms with Crippen LogP contribution in [0.2, 0.25) is 0 Å². The van der Waals surface area contributed by atoms with E-state index in [0.29, 0.717) is 12.1 Å². The predicted molar refractivity (Wildman–Crippen MR) is 71.0 cm³/mol. The third kappa shape index (κ3) is 2.58. The molecule has 0 aliphatic heterocycles. The lowest BCUT2D eigenvalue weighted by molar-refractivity contribution is -0.132. The Morgan fingerprint density at radius 2 is 2.24 bits per heavy atom. The number of aromatic nitrogens is 1. The van der Waals surface area contributed by atoms with Gasteiger partial charge >= 0.3 is 5.97 Å². The molecule has 0 fully saturated rings. The van der Waals surface area contributed by atoms with Crippen LogP contribution in [0.5, 0.6) is 0 Å². The summed E-state index contributed by atoms with van der Waals surface area (Å²) >= 11 is 3.43. The summed E-state index contributed by atoms with van der Waals surface area (Å²) in [5, 5.41) is 9.93. The molecule has 2 rings (SSSR count). The van der Waals surface area contributed by atoms with Gasteiger partial charge in [-0.2, -0.15) is 0 Å². The fourth-order valence-corrected chi connectivity index (χ4v) is 1.99. The van der Waals surface area contributed by atoms with Crippen molar-refractivity contribution in [2.75, 3.05) is 0 Å². The van der Waals surface area contributed by atoms with Crippen LogP contribution in [0.1, 0.15) is 6.92 Å². The van der Waals surface area contributed by atoms with E-state index in [1.54, 1.807) is 13.0 Å². The number of hydrogen-bond acceptors (Lipinski definition) is 1. The Kier molecular flexibility index (Phi) is 3.33. The normalized spacial score (nSPS) is 12.0. The van der Waals surface area contributed by atoms with Crippen molar-refractivity contribution in [2.45, 2.75) is 13.5 Å². The van der Waals surface area contributed by atoms with Gasteiger partial charge in [0, 0.05) is 28.3 Å². The molecule has 88 valence electrons. The molecule has 3 nitrogen and oxygen atoms in total. The van der Waals surface area contributed by atoms with Crippen LogP contribution in [-0.4, -0.2) is 15.6 Å². The minimum atomic E-state index is -0.873. The van der Waals surface area contributed by atoms with E-state index in [9.17, 15) is 4.79 Å². The number of rotatable bonds is 3. The quantitative estimate of drug-likeness (QED) is 0.881. The Bertz CT molecular complexity index is 598. The van der Waals surface area contributed by atoms with Crippen LogP contribution in [0, 0.1) is 0 Å². The second-order valence-electron chi connectivity index (χ2n) is 3.86. The molecule has 4 heteroatoms. The van der Waals surface area contributed by atoms with Gasteiger partial charge in [-0.1, -0.05) is 28.1 Å². The lowest BCUT2D eigenvalue weighted by Gasteiger charge is -2.02. The van der Waals surface area contributed by atoms with Crippen LogP contribution >= 0.6 is 15.9 Å². The van der Waals surface area contributed by atoms with Crippen molar-refractivity contribution >= 4 is 32.8 Å². The molecule has 1 aromatic carbocycles. The highest BCUT2D eigenvalue weighted by Gasteiger charge is 2.02. The average Bonchev–Trinajstić information content (AvgIpc) is 2.68. The molecule has 0 aliphatic rings. The van der Waals surface area contributed by atoms with E-state index in [-0.39, 0.29) is 0 Å². The summed E-state index contributed by atoms with van der Waals surface area (Å²) in [6, 6.07) is 8.07. The molecular weight excluding hydrogens is 282 g/mol. The number of hydrogen-bond donors (Lipinski definition) is 1. The molecule has 0 saturated heterocycles. The number of nitrogens with zero attached hydrogens (tertiary/aromatic N) is 1. The predicted octanol–water partition coefficient (Wildman–Crippen LogP) is 3.43. The van der Waals surface area contributed by atoms with Gasteiger partial charge in [0.15, 0.2) is 0 Å². The molecule has 0 atom stereocenters. The summed E-state index contributed by atoms with van der Waals surface area (Å²) in [5.74, 6) is -0.873. The summed E-state index contributed by atoms with van der Waals surface area (Å²) in [6.07, 6.45) is 3.67. The van der Waals surface area contributed by atoms with E-state index in [1.165, 1.54) is 0 Å². The smallest absolute Gasteiger partial charge is 0.331 e. The highest BCUT2D eigenvalue weighted by atomic mass is 79.9. The lowest BCUT2D eigenvalue weighted by atomic mass is 10.2. The van der Waals surface area contributed by atoms with Crippen molar-refractivity contribution in [3.63, 3.8) is 0 Å². The van der Waals surface area contributed by atoms with E-state index in [4.69, 9.17) is 5.11 Å². The van der Waals surface area contributed by atoms with Crippen LogP contribution in [0.4, 0.5) is 0 Å². The number of fused-ring (bicyclic) bond motifs is 1. The lowest BCUT2D eigenvalue weighted by Crippen LogP contribution is -1.99. The Hall–Kier alpha value is -1.55. The monoisotopic (exact) mass is 293 g/mol. The number of allylic oxidation sites excluding steroid dienone is 1. The fraction of sp³-hybridized carbons (Fsp3) is 0.154. The Labute approximate surface area is 107 Å². The summed E-state index contributed by atoms with van der Waals surface area (Å²) < 4.78 is 3.04. The zero-order valence-corrected chi connectivity index (χ0v) is 10.9. The molecule has 0 amide bonds. The molecule has 1 N–H and O–H groups in total. The van der Waals surface area contributed by atoms with Crippen LogP contribution in [0.3, 0.4) is 0 Å². The maximum Gasteiger partial charge on any atom is 0.331 e. The molecule has 2 aromatic rings. The number of halogens is 1. The van der Waals surface area contributed by atoms with E-state index in [1.807, 2.05) is 35.0 Å². The van der Waals surface area contributed by atoms with Gasteiger partial charge in [0.2, 0.25) is 0 Å². The van der Waals surface area contributed by atoms with Crippen molar-refractivity contribution < 1.29 is 9.90 Å². The third-order valence-corrected chi connectivity index (χ3v) is 3.16. The molecule has 0 spiro atoms. The van der Waals surface area contributed by atoms with E-state index in [2.05, 4.69) is 15.9 Å². The van der Waals surface area contributed by atoms with Gasteiger partial charge in [0.05, 0.1) is 0 Å². The summed E-state index contributed by atoms with van der Waals surface area (Å²) in [6.45, 7) is 2.17. The molecule has 1 heterocycles. The van der Waals surface area contributed by atoms with Gasteiger partial charge in [-0.15, -0.1) is 0 Å². The molecule has 1 aromatic heterocycles. The number of aliphatic carboxylic acids is 1.